The summed E-state index contributed by atoms with van der Waals surface area (Å²) in [6, 6.07) is 11.1. The van der Waals surface area contributed by atoms with Gasteiger partial charge in [0.1, 0.15) is 0 Å². The molecule has 0 heterocycles. The number of phenolic OH excluding ortho intramolecular Hbond substituents is 1. The van der Waals surface area contributed by atoms with E-state index in [2.05, 4.69) is 20.9 Å². The maximum atomic E-state index is 9.94. The first-order chi connectivity index (χ1) is 9.11. The summed E-state index contributed by atoms with van der Waals surface area (Å²) in [4.78, 5) is 4.35. The topological polar surface area (TPSA) is 41.8 Å². The standard InChI is InChI=1S/C15H14BrNO2/c1-10-8-12(6-7-13(10)16)17-9-11-4-3-5-14(19-2)15(11)18/h3-9,18H,1-2H3. The number of para-hydroxylation sites is 1. The van der Waals surface area contributed by atoms with Gasteiger partial charge in [-0.3, -0.25) is 4.99 Å². The van der Waals surface area contributed by atoms with Crippen LogP contribution in [0.5, 0.6) is 11.5 Å². The highest BCUT2D eigenvalue weighted by atomic mass is 79.9. The number of hydrogen-bond donors (Lipinski definition) is 1. The molecule has 0 fully saturated rings. The minimum atomic E-state index is 0.0996. The van der Waals surface area contributed by atoms with Crippen LogP contribution in [0.3, 0.4) is 0 Å². The molecule has 0 atom stereocenters. The number of halogens is 1. The molecule has 4 heteroatoms. The highest BCUT2D eigenvalue weighted by Gasteiger charge is 2.04. The molecule has 2 aromatic rings. The molecule has 0 amide bonds. The van der Waals surface area contributed by atoms with Gasteiger partial charge in [-0.25, -0.2) is 0 Å². The minimum Gasteiger partial charge on any atom is -0.504 e. The summed E-state index contributed by atoms with van der Waals surface area (Å²) in [5.41, 5.74) is 2.58. The molecule has 0 aromatic heterocycles. The van der Waals surface area contributed by atoms with Crippen LogP contribution in [0, 0.1) is 6.92 Å². The summed E-state index contributed by atoms with van der Waals surface area (Å²) in [7, 11) is 1.52. The van der Waals surface area contributed by atoms with Gasteiger partial charge in [-0.15, -0.1) is 0 Å². The lowest BCUT2D eigenvalue weighted by Gasteiger charge is -2.05. The summed E-state index contributed by atoms with van der Waals surface area (Å²) in [5, 5.41) is 9.94. The summed E-state index contributed by atoms with van der Waals surface area (Å²) in [6.45, 7) is 2.01. The largest absolute Gasteiger partial charge is 0.504 e. The van der Waals surface area contributed by atoms with E-state index in [0.29, 0.717) is 11.3 Å². The summed E-state index contributed by atoms with van der Waals surface area (Å²) >= 11 is 3.45. The van der Waals surface area contributed by atoms with Crippen molar-refractivity contribution in [2.75, 3.05) is 7.11 Å². The summed E-state index contributed by atoms with van der Waals surface area (Å²) in [6.07, 6.45) is 1.63. The predicted molar refractivity (Wildman–Crippen MR) is 80.8 cm³/mol. The number of methoxy groups -OCH3 is 1. The number of nitrogens with zero attached hydrogens (tertiary/aromatic N) is 1. The number of rotatable bonds is 3. The van der Waals surface area contributed by atoms with Gasteiger partial charge in [0.2, 0.25) is 0 Å². The van der Waals surface area contributed by atoms with Crippen LogP contribution in [0.15, 0.2) is 45.9 Å². The fraction of sp³-hybridized carbons (Fsp3) is 0.133. The van der Waals surface area contributed by atoms with Crippen LogP contribution >= 0.6 is 15.9 Å². The third-order valence-corrected chi connectivity index (χ3v) is 3.63. The Balaban J connectivity index is 2.30. The Morgan fingerprint density at radius 2 is 2.05 bits per heavy atom. The molecule has 0 bridgehead atoms. The Hall–Kier alpha value is -1.81. The van der Waals surface area contributed by atoms with Gasteiger partial charge < -0.3 is 9.84 Å². The lowest BCUT2D eigenvalue weighted by molar-refractivity contribution is 0.373. The van der Waals surface area contributed by atoms with Crippen LogP contribution in [-0.4, -0.2) is 18.4 Å². The third kappa shape index (κ3) is 3.15. The van der Waals surface area contributed by atoms with E-state index in [1.165, 1.54) is 7.11 Å². The highest BCUT2D eigenvalue weighted by Crippen LogP contribution is 2.29. The third-order valence-electron chi connectivity index (χ3n) is 2.74. The fourth-order valence-corrected chi connectivity index (χ4v) is 1.91. The zero-order valence-electron chi connectivity index (χ0n) is 10.7. The highest BCUT2D eigenvalue weighted by molar-refractivity contribution is 9.10. The summed E-state index contributed by atoms with van der Waals surface area (Å²) in [5.74, 6) is 0.540. The maximum Gasteiger partial charge on any atom is 0.166 e. The van der Waals surface area contributed by atoms with Crippen LogP contribution < -0.4 is 4.74 Å². The van der Waals surface area contributed by atoms with Crippen molar-refractivity contribution in [1.82, 2.24) is 0 Å². The van der Waals surface area contributed by atoms with Crippen molar-refractivity contribution in [3.05, 3.63) is 52.0 Å². The number of aliphatic imine (C=N–C) groups is 1. The van der Waals surface area contributed by atoms with Gasteiger partial charge in [-0.05, 0) is 42.8 Å². The summed E-state index contributed by atoms with van der Waals surface area (Å²) < 4.78 is 6.11. The van der Waals surface area contributed by atoms with Gasteiger partial charge in [0.15, 0.2) is 11.5 Å². The van der Waals surface area contributed by atoms with Crippen molar-refractivity contribution < 1.29 is 9.84 Å². The van der Waals surface area contributed by atoms with E-state index < -0.39 is 0 Å². The smallest absolute Gasteiger partial charge is 0.166 e. The second-order valence-corrected chi connectivity index (χ2v) is 4.94. The van der Waals surface area contributed by atoms with Gasteiger partial charge in [0, 0.05) is 16.3 Å². The molecule has 0 aliphatic rings. The molecule has 0 aliphatic heterocycles. The Morgan fingerprint density at radius 3 is 2.74 bits per heavy atom. The Labute approximate surface area is 120 Å². The van der Waals surface area contributed by atoms with Gasteiger partial charge in [0.25, 0.3) is 0 Å². The van der Waals surface area contributed by atoms with E-state index >= 15 is 0 Å². The van der Waals surface area contributed by atoms with E-state index in [-0.39, 0.29) is 5.75 Å². The van der Waals surface area contributed by atoms with Crippen LogP contribution in [0.4, 0.5) is 5.69 Å². The molecule has 2 rings (SSSR count). The zero-order valence-corrected chi connectivity index (χ0v) is 12.3. The molecular formula is C15H14BrNO2. The van der Waals surface area contributed by atoms with E-state index in [1.54, 1.807) is 18.3 Å². The van der Waals surface area contributed by atoms with Crippen molar-refractivity contribution in [1.29, 1.82) is 0 Å². The fourth-order valence-electron chi connectivity index (χ4n) is 1.66. The number of phenols is 1. The van der Waals surface area contributed by atoms with Gasteiger partial charge >= 0.3 is 0 Å². The second-order valence-electron chi connectivity index (χ2n) is 4.09. The molecule has 0 spiro atoms. The van der Waals surface area contributed by atoms with E-state index in [9.17, 15) is 5.11 Å². The Kier molecular flexibility index (Phi) is 4.22. The van der Waals surface area contributed by atoms with Crippen molar-refractivity contribution in [2.24, 2.45) is 4.99 Å². The predicted octanol–water partition coefficient (Wildman–Crippen LogP) is 4.22. The number of aromatic hydroxyl groups is 1. The van der Waals surface area contributed by atoms with E-state index in [0.717, 1.165) is 15.7 Å². The number of ether oxygens (including phenoxy) is 1. The van der Waals surface area contributed by atoms with Crippen LogP contribution in [0.2, 0.25) is 0 Å². The Bertz CT molecular complexity index is 624. The molecule has 19 heavy (non-hydrogen) atoms. The monoisotopic (exact) mass is 319 g/mol. The van der Waals surface area contributed by atoms with Crippen molar-refractivity contribution >= 4 is 27.8 Å². The average molecular weight is 320 g/mol. The normalized spacial score (nSPS) is 10.9. The average Bonchev–Trinajstić information content (AvgIpc) is 2.41. The quantitative estimate of drug-likeness (QED) is 0.860. The van der Waals surface area contributed by atoms with E-state index in [1.807, 2.05) is 31.2 Å². The van der Waals surface area contributed by atoms with Gasteiger partial charge in [-0.1, -0.05) is 22.0 Å². The molecule has 1 N–H and O–H groups in total. The van der Waals surface area contributed by atoms with E-state index in [4.69, 9.17) is 4.74 Å². The van der Waals surface area contributed by atoms with Crippen molar-refractivity contribution in [2.45, 2.75) is 6.92 Å². The van der Waals surface area contributed by atoms with Crippen molar-refractivity contribution in [3.63, 3.8) is 0 Å². The van der Waals surface area contributed by atoms with Crippen molar-refractivity contribution in [3.8, 4) is 11.5 Å². The maximum absolute atomic E-state index is 9.94. The lowest BCUT2D eigenvalue weighted by Crippen LogP contribution is -1.88. The number of benzene rings is 2. The lowest BCUT2D eigenvalue weighted by atomic mass is 10.2. The first kappa shape index (κ1) is 13.6. The first-order valence-electron chi connectivity index (χ1n) is 5.78. The molecule has 0 aliphatic carbocycles. The SMILES string of the molecule is COc1cccc(C=Nc2ccc(Br)c(C)c2)c1O. The molecule has 3 nitrogen and oxygen atoms in total. The van der Waals surface area contributed by atoms with Crippen LogP contribution in [-0.2, 0) is 0 Å². The van der Waals surface area contributed by atoms with Gasteiger partial charge in [0.05, 0.1) is 12.8 Å². The first-order valence-corrected chi connectivity index (χ1v) is 6.57. The molecule has 0 saturated heterocycles. The molecule has 2 aromatic carbocycles. The molecular weight excluding hydrogens is 306 g/mol. The number of hydrogen-bond acceptors (Lipinski definition) is 3. The van der Waals surface area contributed by atoms with Gasteiger partial charge in [-0.2, -0.15) is 0 Å². The minimum absolute atomic E-state index is 0.0996. The molecule has 0 unspecified atom stereocenters. The second kappa shape index (κ2) is 5.89. The molecule has 0 saturated carbocycles. The van der Waals surface area contributed by atoms with Crippen LogP contribution in [0.25, 0.3) is 0 Å². The van der Waals surface area contributed by atoms with Crippen LogP contribution in [0.1, 0.15) is 11.1 Å². The number of aryl methyl sites for hydroxylation is 1. The zero-order chi connectivity index (χ0) is 13.8. The molecule has 98 valence electrons. The molecule has 0 radical (unpaired) electrons. The Morgan fingerprint density at radius 1 is 1.26 bits per heavy atom.